The predicted molar refractivity (Wildman–Crippen MR) is 317 cm³/mol. The molecule has 4 aliphatic rings. The molecule has 26 heteroatoms. The fraction of sp³-hybridized carbons (Fsp3) is 0.391. The van der Waals surface area contributed by atoms with Crippen molar-refractivity contribution in [1.82, 2.24) is 24.9 Å². The topological polar surface area (TPSA) is 333 Å². The summed E-state index contributed by atoms with van der Waals surface area (Å²) in [4.78, 5) is 130. The van der Waals surface area contributed by atoms with Gasteiger partial charge in [0.15, 0.2) is 0 Å². The molecule has 5 N–H and O–H groups in total. The zero-order chi connectivity index (χ0) is 64.1. The summed E-state index contributed by atoms with van der Waals surface area (Å²) in [5.74, 6) is -11.1. The van der Waals surface area contributed by atoms with E-state index in [1.807, 2.05) is 19.1 Å². The van der Waals surface area contributed by atoms with E-state index >= 15 is 0 Å². The second-order valence-corrected chi connectivity index (χ2v) is 21.2. The maximum atomic E-state index is 14.4. The largest absolute Gasteiger partial charge is 0.506 e. The van der Waals surface area contributed by atoms with Crippen LogP contribution in [-0.4, -0.2) is 231 Å². The highest BCUT2D eigenvalue weighted by Crippen LogP contribution is 2.29. The summed E-state index contributed by atoms with van der Waals surface area (Å²) in [5, 5.41) is 48.4. The van der Waals surface area contributed by atoms with Gasteiger partial charge in [0, 0.05) is 90.6 Å². The molecule has 0 aliphatic carbocycles. The van der Waals surface area contributed by atoms with E-state index in [4.69, 9.17) is 37.9 Å². The molecule has 0 saturated carbocycles. The summed E-state index contributed by atoms with van der Waals surface area (Å²) in [6, 6.07) is 22.6. The highest BCUT2D eigenvalue weighted by atomic mass is 16.6. The number of aromatic hydroxyl groups is 4. The van der Waals surface area contributed by atoms with Gasteiger partial charge in [-0.1, -0.05) is 42.0 Å². The highest BCUT2D eigenvalue weighted by Gasteiger charge is 2.29. The first-order valence-electron chi connectivity index (χ1n) is 29.4. The van der Waals surface area contributed by atoms with Gasteiger partial charge in [0.05, 0.1) is 0 Å². The number of ether oxygens (including phenoxy) is 8. The SMILES string of the molecule is Cc1ccc(C(=O)NCCCCC2CN3CCOC(=O)c4cccc(c4O)C(=O)OCCN(CCOC(=O)c4cccc(c4O)C(=O)O2)CCN2CCOC(=O)c4cccc(c4O)C(=O)OCCN(CCOC(=O)c4cccc(c4O)C(=O)OCC2)CC3)cc1. The minimum absolute atomic E-state index is 0.0321. The van der Waals surface area contributed by atoms with Crippen molar-refractivity contribution in [2.75, 3.05) is 131 Å². The Hall–Kier alpha value is -9.63. The molecule has 4 heterocycles. The Morgan fingerprint density at radius 3 is 0.978 bits per heavy atom. The number of carbonyl (C=O) groups is 9. The first-order valence-corrected chi connectivity index (χ1v) is 29.4. The number of esters is 8. The number of hydrogen-bond donors (Lipinski definition) is 5. The standard InChI is InChI=1S/C64H71N5O21/c1-41-17-19-42(20-18-41)56(74)65-21-3-2-8-43-40-69-25-24-68-30-37-86-60(78)46-11-4-9-44(52(46)70)57(75)83-33-26-66(27-34-84-58(76)45-10-5-12-47(53(45)71)61(79)87-38-31-68)22-23-67(29-36-88-63(81)50-15-7-16-51(55(50)73)64(82)90-43)28-35-85-59(77)48-13-6-14-49(54(48)72)62(80)89-39-32-69/h4-7,9-20,43,70-73H,2-3,8,21-40H2,1H3,(H,65,74). The third-order valence-corrected chi connectivity index (χ3v) is 15.1. The van der Waals surface area contributed by atoms with Gasteiger partial charge in [-0.15, -0.1) is 0 Å². The summed E-state index contributed by atoms with van der Waals surface area (Å²) in [6.07, 6.45) is -0.0933. The Balaban J connectivity index is 1.19. The predicted octanol–water partition coefficient (Wildman–Crippen LogP) is 4.39. The minimum Gasteiger partial charge on any atom is -0.506 e. The van der Waals surface area contributed by atoms with Crippen LogP contribution in [0.3, 0.4) is 0 Å². The van der Waals surface area contributed by atoms with Crippen LogP contribution in [0.5, 0.6) is 23.0 Å². The molecule has 0 aromatic heterocycles. The van der Waals surface area contributed by atoms with Crippen LogP contribution in [-0.2, 0) is 37.9 Å². The number of hydrogen-bond acceptors (Lipinski definition) is 25. The van der Waals surface area contributed by atoms with Gasteiger partial charge in [-0.25, -0.2) is 38.4 Å². The summed E-state index contributed by atoms with van der Waals surface area (Å²) in [6.45, 7) is -0.540. The Morgan fingerprint density at radius 2 is 0.667 bits per heavy atom. The maximum absolute atomic E-state index is 14.4. The third kappa shape index (κ3) is 18.2. The fourth-order valence-electron chi connectivity index (χ4n) is 9.97. The molecule has 9 rings (SSSR count). The monoisotopic (exact) mass is 1250 g/mol. The lowest BCUT2D eigenvalue weighted by Gasteiger charge is -2.30. The van der Waals surface area contributed by atoms with E-state index in [-0.39, 0.29) is 188 Å². The molecular formula is C64H71N5O21. The van der Waals surface area contributed by atoms with Crippen molar-refractivity contribution in [3.8, 4) is 23.0 Å². The number of para-hydroxylation sites is 4. The number of nitrogens with zero attached hydrogens (tertiary/aromatic N) is 4. The lowest BCUT2D eigenvalue weighted by molar-refractivity contribution is 0.0107. The lowest BCUT2D eigenvalue weighted by atomic mass is 10.1. The van der Waals surface area contributed by atoms with Gasteiger partial charge in [-0.2, -0.15) is 0 Å². The average molecular weight is 1250 g/mol. The van der Waals surface area contributed by atoms with Gasteiger partial charge in [-0.3, -0.25) is 24.4 Å². The van der Waals surface area contributed by atoms with E-state index in [1.54, 1.807) is 31.7 Å². The molecule has 12 bridgehead atoms. The van der Waals surface area contributed by atoms with Crippen molar-refractivity contribution in [2.45, 2.75) is 32.3 Å². The smallest absolute Gasteiger partial charge is 0.342 e. The number of rotatable bonds is 6. The van der Waals surface area contributed by atoms with Crippen LogP contribution in [0, 0.1) is 6.92 Å². The molecule has 1 amide bonds. The molecule has 90 heavy (non-hydrogen) atoms. The average Bonchev–Trinajstić information content (AvgIpc) is 1.31. The fourth-order valence-corrected chi connectivity index (χ4v) is 9.97. The Kier molecular flexibility index (Phi) is 24.0. The van der Waals surface area contributed by atoms with Crippen LogP contribution in [0.15, 0.2) is 97.1 Å². The molecule has 3 atom stereocenters. The maximum Gasteiger partial charge on any atom is 0.342 e. The molecule has 0 saturated heterocycles. The second-order valence-electron chi connectivity index (χ2n) is 21.2. The van der Waals surface area contributed by atoms with Crippen molar-refractivity contribution in [3.63, 3.8) is 0 Å². The zero-order valence-electron chi connectivity index (χ0n) is 49.6. The summed E-state index contributed by atoms with van der Waals surface area (Å²) in [7, 11) is 0. The van der Waals surface area contributed by atoms with Crippen molar-refractivity contribution >= 4 is 53.7 Å². The third-order valence-electron chi connectivity index (χ3n) is 15.1. The Morgan fingerprint density at radius 1 is 0.389 bits per heavy atom. The van der Waals surface area contributed by atoms with E-state index in [9.17, 15) is 63.6 Å². The molecule has 478 valence electrons. The number of phenolic OH excluding ortho intramolecular Hbond substituents is 4. The van der Waals surface area contributed by atoms with Crippen molar-refractivity contribution in [1.29, 1.82) is 0 Å². The van der Waals surface area contributed by atoms with Crippen LogP contribution >= 0.6 is 0 Å². The van der Waals surface area contributed by atoms with Crippen molar-refractivity contribution in [3.05, 3.63) is 153 Å². The van der Waals surface area contributed by atoms with Gasteiger partial charge in [0.2, 0.25) is 0 Å². The number of unbranched alkanes of at least 4 members (excludes halogenated alkanes) is 1. The van der Waals surface area contributed by atoms with Gasteiger partial charge in [0.1, 0.15) is 120 Å². The summed E-state index contributed by atoms with van der Waals surface area (Å²) in [5.41, 5.74) is -1.41. The molecule has 4 aliphatic heterocycles. The number of cyclic esters (lactones) is 2. The van der Waals surface area contributed by atoms with Crippen LogP contribution in [0.4, 0.5) is 0 Å². The first kappa shape index (κ1) is 66.3. The number of benzene rings is 5. The first-order chi connectivity index (χ1) is 43.4. The number of aryl methyl sites for hydroxylation is 1. The molecule has 3 unspecified atom stereocenters. The van der Waals surface area contributed by atoms with E-state index < -0.39 is 76.9 Å². The van der Waals surface area contributed by atoms with Crippen LogP contribution in [0.1, 0.15) is 118 Å². The number of fused-ring (bicyclic) bond motifs is 16. The molecule has 0 spiro atoms. The molecule has 5 aromatic carbocycles. The van der Waals surface area contributed by atoms with E-state index in [1.165, 1.54) is 72.8 Å². The Labute approximate surface area is 517 Å². The molecule has 26 nitrogen and oxygen atoms in total. The molecule has 0 fully saturated rings. The summed E-state index contributed by atoms with van der Waals surface area (Å²) >= 11 is 0. The lowest BCUT2D eigenvalue weighted by Crippen LogP contribution is -2.43. The van der Waals surface area contributed by atoms with Crippen LogP contribution in [0.25, 0.3) is 0 Å². The van der Waals surface area contributed by atoms with Crippen molar-refractivity contribution < 1.29 is 101 Å². The number of amides is 1. The van der Waals surface area contributed by atoms with Gasteiger partial charge in [-0.05, 0) is 86.8 Å². The zero-order valence-corrected chi connectivity index (χ0v) is 49.6. The number of carbonyl (C=O) groups excluding carboxylic acids is 9. The van der Waals surface area contributed by atoms with Gasteiger partial charge >= 0.3 is 47.8 Å². The number of phenols is 4. The van der Waals surface area contributed by atoms with Gasteiger partial charge in [0.25, 0.3) is 5.91 Å². The van der Waals surface area contributed by atoms with Crippen LogP contribution < -0.4 is 5.32 Å². The van der Waals surface area contributed by atoms with Crippen molar-refractivity contribution in [2.24, 2.45) is 0 Å². The molecule has 0 radical (unpaired) electrons. The van der Waals surface area contributed by atoms with Crippen LogP contribution in [0.2, 0.25) is 0 Å². The normalized spacial score (nSPS) is 21.1. The Bertz CT molecular complexity index is 3320. The van der Waals surface area contributed by atoms with E-state index in [0.717, 1.165) is 5.56 Å². The highest BCUT2D eigenvalue weighted by molar-refractivity contribution is 6.02. The van der Waals surface area contributed by atoms with Gasteiger partial charge < -0.3 is 63.6 Å². The molecular weight excluding hydrogens is 1170 g/mol. The quantitative estimate of drug-likeness (QED) is 0.0894. The molecule has 5 aromatic rings. The van der Waals surface area contributed by atoms with E-state index in [2.05, 4.69) is 5.32 Å². The number of nitrogens with one attached hydrogen (secondary N) is 1. The summed E-state index contributed by atoms with van der Waals surface area (Å²) < 4.78 is 45.7. The minimum atomic E-state index is -1.02. The van der Waals surface area contributed by atoms with E-state index in [0.29, 0.717) is 18.4 Å². The second kappa shape index (κ2) is 32.6.